The summed E-state index contributed by atoms with van der Waals surface area (Å²) < 4.78 is 1.88. The van der Waals surface area contributed by atoms with Crippen molar-refractivity contribution in [3.63, 3.8) is 0 Å². The Hall–Kier alpha value is -1.30. The molecule has 23 heavy (non-hydrogen) atoms. The number of hydrogen-bond donors (Lipinski definition) is 2. The van der Waals surface area contributed by atoms with Crippen LogP contribution in [0.25, 0.3) is 0 Å². The maximum absolute atomic E-state index is 9.09. The van der Waals surface area contributed by atoms with E-state index < -0.39 is 0 Å². The predicted octanol–water partition coefficient (Wildman–Crippen LogP) is 3.46. The third kappa shape index (κ3) is 4.59. The molecule has 2 aromatic rings. The highest BCUT2D eigenvalue weighted by Crippen LogP contribution is 2.21. The SMILES string of the molecule is CCSc1ccc(C(C)NCc2c(C)nn(CCO)c2C)cc1. The van der Waals surface area contributed by atoms with E-state index in [1.807, 2.05) is 23.4 Å². The van der Waals surface area contributed by atoms with Crippen molar-refractivity contribution in [3.05, 3.63) is 46.8 Å². The zero-order valence-corrected chi connectivity index (χ0v) is 15.3. The number of benzene rings is 1. The number of aromatic nitrogens is 2. The molecule has 5 heteroatoms. The first-order chi connectivity index (χ1) is 11.1. The number of aryl methyl sites for hydroxylation is 1. The van der Waals surface area contributed by atoms with E-state index in [-0.39, 0.29) is 12.6 Å². The molecule has 0 fully saturated rings. The van der Waals surface area contributed by atoms with E-state index in [0.29, 0.717) is 6.54 Å². The molecule has 0 spiro atoms. The van der Waals surface area contributed by atoms with Gasteiger partial charge in [-0.2, -0.15) is 5.10 Å². The summed E-state index contributed by atoms with van der Waals surface area (Å²) >= 11 is 1.87. The summed E-state index contributed by atoms with van der Waals surface area (Å²) in [5, 5.41) is 17.2. The van der Waals surface area contributed by atoms with Crippen LogP contribution in [-0.2, 0) is 13.1 Å². The number of thioether (sulfide) groups is 1. The Bertz CT molecular complexity index is 622. The van der Waals surface area contributed by atoms with Gasteiger partial charge in [0.1, 0.15) is 0 Å². The number of rotatable bonds is 8. The lowest BCUT2D eigenvalue weighted by Crippen LogP contribution is -2.19. The fourth-order valence-corrected chi connectivity index (χ4v) is 3.36. The molecule has 1 unspecified atom stereocenters. The molecule has 0 saturated carbocycles. The fourth-order valence-electron chi connectivity index (χ4n) is 2.69. The van der Waals surface area contributed by atoms with Gasteiger partial charge in [0.15, 0.2) is 0 Å². The highest BCUT2D eigenvalue weighted by Gasteiger charge is 2.12. The van der Waals surface area contributed by atoms with Crippen LogP contribution >= 0.6 is 11.8 Å². The van der Waals surface area contributed by atoms with Gasteiger partial charge in [-0.1, -0.05) is 19.1 Å². The van der Waals surface area contributed by atoms with Gasteiger partial charge in [-0.3, -0.25) is 4.68 Å². The minimum Gasteiger partial charge on any atom is -0.394 e. The number of nitrogens with one attached hydrogen (secondary N) is 1. The molecule has 0 radical (unpaired) electrons. The molecule has 2 rings (SSSR count). The predicted molar refractivity (Wildman–Crippen MR) is 96.9 cm³/mol. The van der Waals surface area contributed by atoms with Gasteiger partial charge in [-0.05, 0) is 44.2 Å². The average Bonchev–Trinajstić information content (AvgIpc) is 2.80. The maximum Gasteiger partial charge on any atom is 0.0644 e. The van der Waals surface area contributed by atoms with Gasteiger partial charge in [0, 0.05) is 28.7 Å². The number of aliphatic hydroxyl groups excluding tert-OH is 1. The van der Waals surface area contributed by atoms with Crippen LogP contribution in [0.4, 0.5) is 0 Å². The molecule has 0 aliphatic rings. The van der Waals surface area contributed by atoms with Crippen LogP contribution in [0.2, 0.25) is 0 Å². The molecular weight excluding hydrogens is 306 g/mol. The van der Waals surface area contributed by atoms with Gasteiger partial charge < -0.3 is 10.4 Å². The summed E-state index contributed by atoms with van der Waals surface area (Å²) in [6, 6.07) is 9.07. The molecule has 4 nitrogen and oxygen atoms in total. The topological polar surface area (TPSA) is 50.1 Å². The van der Waals surface area contributed by atoms with Crippen molar-refractivity contribution in [1.29, 1.82) is 0 Å². The maximum atomic E-state index is 9.09. The quantitative estimate of drug-likeness (QED) is 0.727. The average molecular weight is 334 g/mol. The van der Waals surface area contributed by atoms with Crippen molar-refractivity contribution in [2.24, 2.45) is 0 Å². The minimum atomic E-state index is 0.118. The van der Waals surface area contributed by atoms with Crippen molar-refractivity contribution in [1.82, 2.24) is 15.1 Å². The largest absolute Gasteiger partial charge is 0.394 e. The molecule has 0 amide bonds. The Labute approximate surface area is 143 Å². The molecule has 0 saturated heterocycles. The van der Waals surface area contributed by atoms with Crippen molar-refractivity contribution >= 4 is 11.8 Å². The minimum absolute atomic E-state index is 0.118. The zero-order valence-electron chi connectivity index (χ0n) is 14.5. The van der Waals surface area contributed by atoms with E-state index >= 15 is 0 Å². The Morgan fingerprint density at radius 3 is 2.57 bits per heavy atom. The Morgan fingerprint density at radius 2 is 1.96 bits per heavy atom. The van der Waals surface area contributed by atoms with E-state index in [0.717, 1.165) is 23.7 Å². The molecule has 2 N–H and O–H groups in total. The molecule has 1 aromatic heterocycles. The second kappa shape index (κ2) is 8.52. The summed E-state index contributed by atoms with van der Waals surface area (Å²) in [5.74, 6) is 1.10. The molecule has 126 valence electrons. The number of hydrogen-bond acceptors (Lipinski definition) is 4. The molecule has 1 atom stereocenters. The van der Waals surface area contributed by atoms with Crippen LogP contribution in [0, 0.1) is 13.8 Å². The monoisotopic (exact) mass is 333 g/mol. The summed E-state index contributed by atoms with van der Waals surface area (Å²) in [6.07, 6.45) is 0. The van der Waals surface area contributed by atoms with Gasteiger partial charge in [0.25, 0.3) is 0 Å². The van der Waals surface area contributed by atoms with E-state index in [2.05, 4.69) is 55.5 Å². The van der Waals surface area contributed by atoms with Crippen LogP contribution in [-0.4, -0.2) is 27.2 Å². The number of aliphatic hydroxyl groups is 1. The van der Waals surface area contributed by atoms with Crippen molar-refractivity contribution in [2.45, 2.75) is 51.7 Å². The summed E-state index contributed by atoms with van der Waals surface area (Å²) in [5.41, 5.74) is 4.68. The normalized spacial score (nSPS) is 12.6. The lowest BCUT2D eigenvalue weighted by Gasteiger charge is -2.15. The zero-order chi connectivity index (χ0) is 16.8. The van der Waals surface area contributed by atoms with Crippen LogP contribution in [0.5, 0.6) is 0 Å². The Kier molecular flexibility index (Phi) is 6.69. The Balaban J connectivity index is 2.00. The van der Waals surface area contributed by atoms with Gasteiger partial charge in [0.2, 0.25) is 0 Å². The lowest BCUT2D eigenvalue weighted by atomic mass is 10.1. The molecule has 0 aliphatic carbocycles. The van der Waals surface area contributed by atoms with E-state index in [4.69, 9.17) is 5.11 Å². The highest BCUT2D eigenvalue weighted by atomic mass is 32.2. The van der Waals surface area contributed by atoms with Crippen LogP contribution < -0.4 is 5.32 Å². The van der Waals surface area contributed by atoms with Crippen molar-refractivity contribution < 1.29 is 5.11 Å². The van der Waals surface area contributed by atoms with Crippen molar-refractivity contribution in [3.8, 4) is 0 Å². The van der Waals surface area contributed by atoms with E-state index in [1.54, 1.807) is 0 Å². The molecule has 0 bridgehead atoms. The smallest absolute Gasteiger partial charge is 0.0644 e. The standard InChI is InChI=1S/C18H27N3OS/c1-5-23-17-8-6-16(7-9-17)13(2)19-12-18-14(3)20-21(10-11-22)15(18)4/h6-9,13,19,22H,5,10-12H2,1-4H3. The second-order valence-corrected chi connectivity index (χ2v) is 7.04. The van der Waals surface area contributed by atoms with Gasteiger partial charge >= 0.3 is 0 Å². The first-order valence-corrected chi connectivity index (χ1v) is 9.15. The summed E-state index contributed by atoms with van der Waals surface area (Å²) in [4.78, 5) is 1.32. The third-order valence-electron chi connectivity index (χ3n) is 4.12. The van der Waals surface area contributed by atoms with Gasteiger partial charge in [0.05, 0.1) is 18.8 Å². The van der Waals surface area contributed by atoms with Crippen LogP contribution in [0.1, 0.15) is 42.4 Å². The van der Waals surface area contributed by atoms with Crippen molar-refractivity contribution in [2.75, 3.05) is 12.4 Å². The molecule has 1 heterocycles. The molecule has 0 aliphatic heterocycles. The fraction of sp³-hybridized carbons (Fsp3) is 0.500. The van der Waals surface area contributed by atoms with Crippen LogP contribution in [0.15, 0.2) is 29.2 Å². The van der Waals surface area contributed by atoms with Gasteiger partial charge in [-0.25, -0.2) is 0 Å². The first kappa shape index (κ1) is 18.0. The Morgan fingerprint density at radius 1 is 1.26 bits per heavy atom. The summed E-state index contributed by atoms with van der Waals surface area (Å²) in [7, 11) is 0. The van der Waals surface area contributed by atoms with E-state index in [9.17, 15) is 0 Å². The lowest BCUT2D eigenvalue weighted by molar-refractivity contribution is 0.267. The molecule has 1 aromatic carbocycles. The van der Waals surface area contributed by atoms with E-state index in [1.165, 1.54) is 16.0 Å². The van der Waals surface area contributed by atoms with Gasteiger partial charge in [-0.15, -0.1) is 11.8 Å². The second-order valence-electron chi connectivity index (χ2n) is 5.70. The molecular formula is C18H27N3OS. The number of nitrogens with zero attached hydrogens (tertiary/aromatic N) is 2. The first-order valence-electron chi connectivity index (χ1n) is 8.16. The van der Waals surface area contributed by atoms with Crippen LogP contribution in [0.3, 0.4) is 0 Å². The summed E-state index contributed by atoms with van der Waals surface area (Å²) in [6.45, 7) is 9.91. The highest BCUT2D eigenvalue weighted by molar-refractivity contribution is 7.99. The third-order valence-corrected chi connectivity index (χ3v) is 5.01.